The molecule has 148 valence electrons. The van der Waals surface area contributed by atoms with Crippen LogP contribution in [0.1, 0.15) is 43.2 Å². The van der Waals surface area contributed by atoms with Gasteiger partial charge >= 0.3 is 0 Å². The molecule has 9 heteroatoms. The summed E-state index contributed by atoms with van der Waals surface area (Å²) in [5, 5.41) is 2.45. The maximum atomic E-state index is 13.5. The molecule has 1 aromatic carbocycles. The van der Waals surface area contributed by atoms with E-state index >= 15 is 0 Å². The van der Waals surface area contributed by atoms with Gasteiger partial charge in [0.05, 0.1) is 0 Å². The fourth-order valence-corrected chi connectivity index (χ4v) is 3.95. The molecule has 0 spiro atoms. The van der Waals surface area contributed by atoms with Gasteiger partial charge in [0.2, 0.25) is 10.0 Å². The Hall–Kier alpha value is -2.26. The maximum Gasteiger partial charge on any atom is 0.272 e. The van der Waals surface area contributed by atoms with E-state index in [4.69, 9.17) is 0 Å². The van der Waals surface area contributed by atoms with Crippen LogP contribution >= 0.6 is 0 Å². The Morgan fingerprint density at radius 3 is 2.41 bits per heavy atom. The Bertz CT molecular complexity index is 959. The summed E-state index contributed by atoms with van der Waals surface area (Å²) in [6.07, 6.45) is 1.90. The second-order valence-corrected chi connectivity index (χ2v) is 8.74. The van der Waals surface area contributed by atoms with Gasteiger partial charge in [-0.15, -0.1) is 0 Å². The molecule has 0 aliphatic carbocycles. The number of halogens is 2. The smallest absolute Gasteiger partial charge is 0.272 e. The van der Waals surface area contributed by atoms with Crippen molar-refractivity contribution < 1.29 is 22.0 Å². The number of anilines is 1. The van der Waals surface area contributed by atoms with Gasteiger partial charge in [0, 0.05) is 30.5 Å². The van der Waals surface area contributed by atoms with Crippen molar-refractivity contribution in [3.8, 4) is 0 Å². The van der Waals surface area contributed by atoms with Gasteiger partial charge < -0.3 is 9.88 Å². The normalized spacial score (nSPS) is 12.3. The van der Waals surface area contributed by atoms with Gasteiger partial charge in [0.1, 0.15) is 10.6 Å². The minimum absolute atomic E-state index is 0.0476. The van der Waals surface area contributed by atoms with Crippen LogP contribution in [0, 0.1) is 18.6 Å². The molecule has 2 rings (SSSR count). The largest absolute Gasteiger partial charge is 0.345 e. The van der Waals surface area contributed by atoms with Crippen molar-refractivity contribution in [1.82, 2.24) is 9.29 Å². The molecule has 1 amide bonds. The Morgan fingerprint density at radius 2 is 1.85 bits per heavy atom. The number of sulfonamides is 1. The van der Waals surface area contributed by atoms with Crippen molar-refractivity contribution in [2.24, 2.45) is 7.05 Å². The van der Waals surface area contributed by atoms with Crippen molar-refractivity contribution in [3.05, 3.63) is 47.3 Å². The van der Waals surface area contributed by atoms with Crippen molar-refractivity contribution in [3.63, 3.8) is 0 Å². The van der Waals surface area contributed by atoms with E-state index in [0.717, 1.165) is 6.07 Å². The number of aromatic nitrogens is 1. The van der Waals surface area contributed by atoms with E-state index in [2.05, 4.69) is 10.0 Å². The fourth-order valence-electron chi connectivity index (χ4n) is 2.40. The van der Waals surface area contributed by atoms with Crippen LogP contribution in [0.25, 0.3) is 0 Å². The highest BCUT2D eigenvalue weighted by Gasteiger charge is 2.27. The van der Waals surface area contributed by atoms with Crippen molar-refractivity contribution in [1.29, 1.82) is 0 Å². The molecule has 0 saturated heterocycles. The highest BCUT2D eigenvalue weighted by Crippen LogP contribution is 2.21. The third kappa shape index (κ3) is 4.72. The van der Waals surface area contributed by atoms with Gasteiger partial charge in [-0.2, -0.15) is 0 Å². The highest BCUT2D eigenvalue weighted by molar-refractivity contribution is 7.89. The number of amides is 1. The van der Waals surface area contributed by atoms with Gasteiger partial charge in [0.15, 0.2) is 11.6 Å². The molecule has 6 nitrogen and oxygen atoms in total. The molecule has 0 saturated carbocycles. The van der Waals surface area contributed by atoms with Crippen molar-refractivity contribution >= 4 is 21.6 Å². The lowest BCUT2D eigenvalue weighted by Crippen LogP contribution is -2.42. The molecule has 0 fully saturated rings. The summed E-state index contributed by atoms with van der Waals surface area (Å²) in [7, 11) is -2.29. The van der Waals surface area contributed by atoms with Crippen LogP contribution in [-0.4, -0.2) is 24.4 Å². The third-order valence-electron chi connectivity index (χ3n) is 4.29. The number of hydrogen-bond donors (Lipinski definition) is 2. The molecule has 0 atom stereocenters. The van der Waals surface area contributed by atoms with Crippen LogP contribution in [0.2, 0.25) is 0 Å². The van der Waals surface area contributed by atoms with Crippen LogP contribution in [0.15, 0.2) is 29.3 Å². The average molecular weight is 399 g/mol. The topological polar surface area (TPSA) is 80.2 Å². The van der Waals surface area contributed by atoms with Crippen LogP contribution in [0.3, 0.4) is 0 Å². The SMILES string of the molecule is CCC(C)(C)NS(=O)(=O)c1cc(C(=O)Nc2cc(C)c(F)c(F)c2)n(C)c1. The van der Waals surface area contributed by atoms with E-state index in [1.54, 1.807) is 13.8 Å². The second kappa shape index (κ2) is 7.40. The molecule has 0 aliphatic rings. The van der Waals surface area contributed by atoms with E-state index in [1.165, 1.54) is 36.9 Å². The number of carbonyl (C=O) groups excluding carboxylic acids is 1. The van der Waals surface area contributed by atoms with E-state index in [0.29, 0.717) is 6.42 Å². The second-order valence-electron chi connectivity index (χ2n) is 7.06. The predicted molar refractivity (Wildman–Crippen MR) is 99.2 cm³/mol. The number of aryl methyl sites for hydroxylation is 2. The maximum absolute atomic E-state index is 13.5. The van der Waals surface area contributed by atoms with E-state index < -0.39 is 33.1 Å². The quantitative estimate of drug-likeness (QED) is 0.782. The third-order valence-corrected chi connectivity index (χ3v) is 5.95. The zero-order valence-corrected chi connectivity index (χ0v) is 16.7. The predicted octanol–water partition coefficient (Wildman–Crippen LogP) is 3.33. The lowest BCUT2D eigenvalue weighted by Gasteiger charge is -2.23. The molecular formula is C18H23F2N3O3S. The van der Waals surface area contributed by atoms with E-state index in [-0.39, 0.29) is 21.8 Å². The first-order valence-electron chi connectivity index (χ1n) is 8.33. The summed E-state index contributed by atoms with van der Waals surface area (Å²) in [5.74, 6) is -2.70. The standard InChI is InChI=1S/C18H23F2N3O3S/c1-6-18(3,4)22-27(25,26)13-9-15(23(5)10-13)17(24)21-12-7-11(2)16(20)14(19)8-12/h7-10,22H,6H2,1-5H3,(H,21,24). The van der Waals surface area contributed by atoms with Crippen LogP contribution in [0.5, 0.6) is 0 Å². The molecule has 2 aromatic rings. The van der Waals surface area contributed by atoms with Gasteiger partial charge in [-0.25, -0.2) is 21.9 Å². The highest BCUT2D eigenvalue weighted by atomic mass is 32.2. The Balaban J connectivity index is 2.29. The monoisotopic (exact) mass is 399 g/mol. The van der Waals surface area contributed by atoms with Crippen LogP contribution in [-0.2, 0) is 17.1 Å². The molecule has 0 unspecified atom stereocenters. The van der Waals surface area contributed by atoms with Gasteiger partial charge in [-0.3, -0.25) is 4.79 Å². The Labute approximate surface area is 157 Å². The van der Waals surface area contributed by atoms with Gasteiger partial charge in [-0.05, 0) is 44.9 Å². The zero-order valence-electron chi connectivity index (χ0n) is 15.9. The van der Waals surface area contributed by atoms with Gasteiger partial charge in [-0.1, -0.05) is 6.92 Å². The first kappa shape index (κ1) is 21.0. The first-order valence-corrected chi connectivity index (χ1v) is 9.82. The molecule has 27 heavy (non-hydrogen) atoms. The summed E-state index contributed by atoms with van der Waals surface area (Å²) in [6.45, 7) is 6.75. The van der Waals surface area contributed by atoms with E-state index in [9.17, 15) is 22.0 Å². The number of benzene rings is 1. The molecule has 0 bridgehead atoms. The zero-order chi connectivity index (χ0) is 20.6. The van der Waals surface area contributed by atoms with Crippen LogP contribution < -0.4 is 10.0 Å². The number of carbonyl (C=O) groups is 1. The molecule has 1 aromatic heterocycles. The Morgan fingerprint density at radius 1 is 1.22 bits per heavy atom. The summed E-state index contributed by atoms with van der Waals surface area (Å²) < 4.78 is 55.9. The van der Waals surface area contributed by atoms with Gasteiger partial charge in [0.25, 0.3) is 5.91 Å². The van der Waals surface area contributed by atoms with Crippen molar-refractivity contribution in [2.45, 2.75) is 44.6 Å². The summed E-state index contributed by atoms with van der Waals surface area (Å²) in [4.78, 5) is 12.4. The van der Waals surface area contributed by atoms with Crippen molar-refractivity contribution in [2.75, 3.05) is 5.32 Å². The van der Waals surface area contributed by atoms with Crippen LogP contribution in [0.4, 0.5) is 14.5 Å². The summed E-state index contributed by atoms with van der Waals surface area (Å²) in [5.41, 5.74) is -0.453. The number of rotatable bonds is 6. The number of hydrogen-bond acceptors (Lipinski definition) is 3. The summed E-state index contributed by atoms with van der Waals surface area (Å²) >= 11 is 0. The molecule has 0 radical (unpaired) electrons. The lowest BCUT2D eigenvalue weighted by molar-refractivity contribution is 0.101. The Kier molecular flexibility index (Phi) is 5.77. The number of nitrogens with one attached hydrogen (secondary N) is 2. The average Bonchev–Trinajstić information content (AvgIpc) is 2.94. The minimum Gasteiger partial charge on any atom is -0.345 e. The molecular weight excluding hydrogens is 376 g/mol. The molecule has 2 N–H and O–H groups in total. The first-order chi connectivity index (χ1) is 12.4. The lowest BCUT2D eigenvalue weighted by atomic mass is 10.0. The molecule has 0 aliphatic heterocycles. The van der Waals surface area contributed by atoms with E-state index in [1.807, 2.05) is 6.92 Å². The fraction of sp³-hybridized carbons (Fsp3) is 0.389. The number of nitrogens with zero attached hydrogens (tertiary/aromatic N) is 1. The minimum atomic E-state index is -3.82. The molecule has 1 heterocycles. The summed E-state index contributed by atoms with van der Waals surface area (Å²) in [6, 6.07) is 3.39.